The Bertz CT molecular complexity index is 1360. The minimum absolute atomic E-state index is 0.456. The first-order chi connectivity index (χ1) is 14.7. The molecule has 0 amide bonds. The molecule has 0 spiro atoms. The van der Waals surface area contributed by atoms with Crippen LogP contribution in [0.5, 0.6) is 11.5 Å². The fraction of sp³-hybridized carbons (Fsp3) is 0.345. The van der Waals surface area contributed by atoms with Crippen molar-refractivity contribution < 1.29 is 9.30 Å². The van der Waals surface area contributed by atoms with Crippen LogP contribution in [0.1, 0.15) is 55.9 Å². The minimum Gasteiger partial charge on any atom is -0.449 e. The molecule has 0 fully saturated rings. The smallest absolute Gasteiger partial charge is 0.257 e. The molecular formula is C29H32NO+. The number of aromatic nitrogens is 1. The summed E-state index contributed by atoms with van der Waals surface area (Å²) in [6.07, 6.45) is 3.32. The van der Waals surface area contributed by atoms with Gasteiger partial charge in [0.15, 0.2) is 6.20 Å². The Hall–Kier alpha value is -2.87. The summed E-state index contributed by atoms with van der Waals surface area (Å²) in [6.45, 7) is 13.5. The van der Waals surface area contributed by atoms with E-state index in [1.54, 1.807) is 0 Å². The van der Waals surface area contributed by atoms with E-state index in [0.29, 0.717) is 11.8 Å². The highest BCUT2D eigenvalue weighted by Crippen LogP contribution is 2.50. The lowest BCUT2D eigenvalue weighted by atomic mass is 9.87. The first-order valence-electron chi connectivity index (χ1n) is 11.5. The summed E-state index contributed by atoms with van der Waals surface area (Å²) in [6, 6.07) is 13.8. The van der Waals surface area contributed by atoms with Crippen LogP contribution in [0, 0.1) is 19.8 Å². The van der Waals surface area contributed by atoms with Crippen molar-refractivity contribution in [1.29, 1.82) is 0 Å². The molecule has 2 heteroatoms. The molecule has 3 aromatic carbocycles. The van der Waals surface area contributed by atoms with E-state index in [0.717, 1.165) is 17.9 Å². The van der Waals surface area contributed by atoms with E-state index in [-0.39, 0.29) is 0 Å². The molecule has 158 valence electrons. The van der Waals surface area contributed by atoms with Gasteiger partial charge in [-0.25, -0.2) is 0 Å². The van der Waals surface area contributed by atoms with Crippen LogP contribution in [0.3, 0.4) is 0 Å². The monoisotopic (exact) mass is 410 g/mol. The SMILES string of the molecule is Cc1cc2cc(C(C)C)cc3c2c(c1C)-c1c(c2cc(CC(C)C)ccc2c[n+]1C)O3. The molecule has 1 aliphatic heterocycles. The predicted molar refractivity (Wildman–Crippen MR) is 130 cm³/mol. The van der Waals surface area contributed by atoms with Gasteiger partial charge in [0, 0.05) is 16.2 Å². The molecular weight excluding hydrogens is 378 g/mol. The van der Waals surface area contributed by atoms with Crippen LogP contribution in [0.25, 0.3) is 32.8 Å². The maximum Gasteiger partial charge on any atom is 0.257 e. The molecule has 1 aliphatic rings. The lowest BCUT2D eigenvalue weighted by Crippen LogP contribution is -2.32. The van der Waals surface area contributed by atoms with Gasteiger partial charge in [-0.3, -0.25) is 0 Å². The Morgan fingerprint density at radius 1 is 0.935 bits per heavy atom. The van der Waals surface area contributed by atoms with Crippen LogP contribution in [0.4, 0.5) is 0 Å². The van der Waals surface area contributed by atoms with E-state index in [9.17, 15) is 0 Å². The number of hydrogen-bond donors (Lipinski definition) is 0. The van der Waals surface area contributed by atoms with Crippen LogP contribution in [0.15, 0.2) is 42.6 Å². The largest absolute Gasteiger partial charge is 0.449 e. The van der Waals surface area contributed by atoms with Crippen molar-refractivity contribution in [3.05, 3.63) is 64.8 Å². The number of pyridine rings is 1. The first-order valence-corrected chi connectivity index (χ1v) is 11.5. The standard InChI is InChI=1S/C29H32NO/c1-16(2)10-20-8-9-21-15-30(7)28-26-19(6)18(5)11-23-13-22(17(3)4)14-25(27(23)26)31-29(28)24(21)12-20/h8-9,11-17H,10H2,1-7H3/q+1. The third kappa shape index (κ3) is 3.12. The number of aryl methyl sites for hydroxylation is 2. The lowest BCUT2D eigenvalue weighted by molar-refractivity contribution is -0.659. The van der Waals surface area contributed by atoms with Crippen LogP contribution >= 0.6 is 0 Å². The Kier molecular flexibility index (Phi) is 4.58. The zero-order valence-corrected chi connectivity index (χ0v) is 19.8. The second-order valence-electron chi connectivity index (χ2n) is 10.0. The molecule has 0 aliphatic carbocycles. The third-order valence-electron chi connectivity index (χ3n) is 6.77. The van der Waals surface area contributed by atoms with Crippen molar-refractivity contribution >= 4 is 21.5 Å². The van der Waals surface area contributed by atoms with Crippen LogP contribution in [-0.4, -0.2) is 0 Å². The summed E-state index contributed by atoms with van der Waals surface area (Å²) in [5.74, 6) is 3.07. The van der Waals surface area contributed by atoms with Gasteiger partial charge in [-0.1, -0.05) is 45.9 Å². The van der Waals surface area contributed by atoms with Gasteiger partial charge < -0.3 is 4.74 Å². The van der Waals surface area contributed by atoms with Gasteiger partial charge in [0.2, 0.25) is 5.75 Å². The average molecular weight is 411 g/mol. The second kappa shape index (κ2) is 7.09. The van der Waals surface area contributed by atoms with Crippen molar-refractivity contribution in [2.45, 2.75) is 53.9 Å². The molecule has 0 saturated carbocycles. The third-order valence-corrected chi connectivity index (χ3v) is 6.77. The number of fused-ring (bicyclic) bond motifs is 4. The molecule has 0 saturated heterocycles. The molecule has 2 heterocycles. The van der Waals surface area contributed by atoms with Gasteiger partial charge in [0.25, 0.3) is 5.69 Å². The Balaban J connectivity index is 1.89. The molecule has 2 nitrogen and oxygen atoms in total. The lowest BCUT2D eigenvalue weighted by Gasteiger charge is -2.24. The molecule has 0 bridgehead atoms. The van der Waals surface area contributed by atoms with E-state index in [1.807, 2.05) is 0 Å². The number of rotatable bonds is 3. The first kappa shape index (κ1) is 20.1. The van der Waals surface area contributed by atoms with Crippen molar-refractivity contribution in [2.24, 2.45) is 13.0 Å². The van der Waals surface area contributed by atoms with Gasteiger partial charge >= 0.3 is 0 Å². The second-order valence-corrected chi connectivity index (χ2v) is 10.0. The van der Waals surface area contributed by atoms with Gasteiger partial charge in [-0.15, -0.1) is 0 Å². The normalized spacial score (nSPS) is 12.7. The Morgan fingerprint density at radius 2 is 1.71 bits per heavy atom. The summed E-state index contributed by atoms with van der Waals surface area (Å²) in [7, 11) is 2.14. The van der Waals surface area contributed by atoms with Gasteiger partial charge in [-0.2, -0.15) is 4.57 Å². The summed E-state index contributed by atoms with van der Waals surface area (Å²) in [5, 5.41) is 4.95. The molecule has 0 unspecified atom stereocenters. The number of hydrogen-bond acceptors (Lipinski definition) is 1. The average Bonchev–Trinajstić information content (AvgIpc) is 2.71. The van der Waals surface area contributed by atoms with Crippen molar-refractivity contribution in [3.63, 3.8) is 0 Å². The van der Waals surface area contributed by atoms with Gasteiger partial charge in [0.05, 0.1) is 5.56 Å². The van der Waals surface area contributed by atoms with E-state index in [2.05, 4.69) is 95.8 Å². The van der Waals surface area contributed by atoms with E-state index < -0.39 is 0 Å². The van der Waals surface area contributed by atoms with E-state index in [4.69, 9.17) is 4.74 Å². The molecule has 5 rings (SSSR count). The van der Waals surface area contributed by atoms with Gasteiger partial charge in [-0.05, 0) is 77.9 Å². The van der Waals surface area contributed by atoms with Crippen LogP contribution in [0.2, 0.25) is 0 Å². The van der Waals surface area contributed by atoms with Gasteiger partial charge in [0.1, 0.15) is 12.8 Å². The highest BCUT2D eigenvalue weighted by atomic mass is 16.5. The van der Waals surface area contributed by atoms with Crippen molar-refractivity contribution in [1.82, 2.24) is 0 Å². The highest BCUT2D eigenvalue weighted by Gasteiger charge is 2.32. The van der Waals surface area contributed by atoms with E-state index >= 15 is 0 Å². The molecule has 4 aromatic rings. The predicted octanol–water partition coefficient (Wildman–Crippen LogP) is 7.53. The van der Waals surface area contributed by atoms with E-state index in [1.165, 1.54) is 55.1 Å². The Labute approximate surface area is 185 Å². The highest BCUT2D eigenvalue weighted by molar-refractivity contribution is 6.07. The number of nitrogens with zero attached hydrogens (tertiary/aromatic N) is 1. The zero-order valence-electron chi connectivity index (χ0n) is 19.8. The summed E-state index contributed by atoms with van der Waals surface area (Å²) < 4.78 is 9.02. The maximum absolute atomic E-state index is 6.77. The zero-order chi connectivity index (χ0) is 22.0. The minimum atomic E-state index is 0.456. The van der Waals surface area contributed by atoms with Crippen LogP contribution in [-0.2, 0) is 13.5 Å². The number of ether oxygens (including phenoxy) is 1. The topological polar surface area (TPSA) is 13.1 Å². The Morgan fingerprint density at radius 3 is 2.42 bits per heavy atom. The fourth-order valence-corrected chi connectivity index (χ4v) is 5.05. The van der Waals surface area contributed by atoms with Crippen LogP contribution < -0.4 is 9.30 Å². The summed E-state index contributed by atoms with van der Waals surface area (Å²) in [5.41, 5.74) is 7.87. The molecule has 0 atom stereocenters. The van der Waals surface area contributed by atoms with Crippen molar-refractivity contribution in [3.8, 4) is 22.8 Å². The summed E-state index contributed by atoms with van der Waals surface area (Å²) in [4.78, 5) is 0. The molecule has 0 N–H and O–H groups in total. The molecule has 1 aromatic heterocycles. The quantitative estimate of drug-likeness (QED) is 0.280. The molecule has 0 radical (unpaired) electrons. The fourth-order valence-electron chi connectivity index (χ4n) is 5.05. The van der Waals surface area contributed by atoms with Crippen molar-refractivity contribution in [2.75, 3.05) is 0 Å². The maximum atomic E-state index is 6.77. The summed E-state index contributed by atoms with van der Waals surface area (Å²) >= 11 is 0. The number of benzene rings is 3. The molecule has 31 heavy (non-hydrogen) atoms.